The van der Waals surface area contributed by atoms with E-state index in [0.717, 1.165) is 42.4 Å². The molecule has 1 fully saturated rings. The van der Waals surface area contributed by atoms with Gasteiger partial charge in [-0.2, -0.15) is 0 Å². The van der Waals surface area contributed by atoms with Crippen LogP contribution in [-0.4, -0.2) is 38.8 Å². The largest absolute Gasteiger partial charge is 0.382 e. The second-order valence-electron chi connectivity index (χ2n) is 5.48. The predicted molar refractivity (Wildman–Crippen MR) is 91.6 cm³/mol. The normalized spacial score (nSPS) is 16.2. The number of fused-ring (bicyclic) bond motifs is 1. The average molecular weight is 342 g/mol. The van der Waals surface area contributed by atoms with Crippen LogP contribution in [0.5, 0.6) is 0 Å². The maximum absolute atomic E-state index is 12.0. The van der Waals surface area contributed by atoms with E-state index in [2.05, 4.69) is 15.6 Å². The van der Waals surface area contributed by atoms with Crippen molar-refractivity contribution in [2.24, 2.45) is 0 Å². The Balaban J connectivity index is 0.00000176. The van der Waals surface area contributed by atoms with Crippen molar-refractivity contribution in [1.29, 1.82) is 0 Å². The van der Waals surface area contributed by atoms with Gasteiger partial charge in [0.1, 0.15) is 0 Å². The van der Waals surface area contributed by atoms with Crippen LogP contribution in [0.2, 0.25) is 0 Å². The van der Waals surface area contributed by atoms with E-state index in [0.29, 0.717) is 6.04 Å². The summed E-state index contributed by atoms with van der Waals surface area (Å²) in [4.78, 5) is 4.34. The summed E-state index contributed by atoms with van der Waals surface area (Å²) in [5.41, 5.74) is 0.877. The van der Waals surface area contributed by atoms with Crippen LogP contribution >= 0.6 is 12.4 Å². The van der Waals surface area contributed by atoms with E-state index in [4.69, 9.17) is 0 Å². The minimum atomic E-state index is -3.31. The molecule has 1 aliphatic heterocycles. The lowest BCUT2D eigenvalue weighted by Crippen LogP contribution is -2.35. The molecule has 5 nitrogen and oxygen atoms in total. The van der Waals surface area contributed by atoms with Crippen LogP contribution < -0.4 is 10.6 Å². The smallest absolute Gasteiger partial charge is 0.177 e. The third-order valence-electron chi connectivity index (χ3n) is 3.85. The van der Waals surface area contributed by atoms with Crippen LogP contribution in [0.4, 0.5) is 5.69 Å². The Morgan fingerprint density at radius 2 is 1.95 bits per heavy atom. The number of piperidine rings is 1. The zero-order chi connectivity index (χ0) is 14.9. The molecular formula is C15H20ClN3O2S. The van der Waals surface area contributed by atoms with Crippen LogP contribution in [0, 0.1) is 0 Å². The predicted octanol–water partition coefficient (Wildman–Crippen LogP) is 2.22. The number of hydrogen-bond acceptors (Lipinski definition) is 5. The van der Waals surface area contributed by atoms with Gasteiger partial charge in [-0.05, 0) is 32.0 Å². The first-order valence-electron chi connectivity index (χ1n) is 7.10. The van der Waals surface area contributed by atoms with E-state index in [1.165, 1.54) is 12.5 Å². The summed E-state index contributed by atoms with van der Waals surface area (Å²) in [5, 5.41) is 8.42. The van der Waals surface area contributed by atoms with Crippen molar-refractivity contribution in [2.75, 3.05) is 24.7 Å². The van der Waals surface area contributed by atoms with E-state index >= 15 is 0 Å². The number of benzene rings is 1. The highest BCUT2D eigenvalue weighted by molar-refractivity contribution is 7.91. The van der Waals surface area contributed by atoms with Gasteiger partial charge in [-0.25, -0.2) is 8.42 Å². The van der Waals surface area contributed by atoms with Crippen LogP contribution in [0.3, 0.4) is 0 Å². The molecule has 120 valence electrons. The van der Waals surface area contributed by atoms with Gasteiger partial charge in [0.15, 0.2) is 9.84 Å². The molecule has 7 heteroatoms. The lowest BCUT2D eigenvalue weighted by atomic mass is 10.0. The minimum Gasteiger partial charge on any atom is -0.382 e. The van der Waals surface area contributed by atoms with Gasteiger partial charge in [0, 0.05) is 41.2 Å². The van der Waals surface area contributed by atoms with Gasteiger partial charge in [-0.1, -0.05) is 12.1 Å². The molecule has 0 amide bonds. The van der Waals surface area contributed by atoms with E-state index in [-0.39, 0.29) is 17.3 Å². The van der Waals surface area contributed by atoms with Crippen molar-refractivity contribution < 1.29 is 8.42 Å². The second kappa shape index (κ2) is 6.81. The average Bonchev–Trinajstić information content (AvgIpc) is 2.47. The summed E-state index contributed by atoms with van der Waals surface area (Å²) in [6, 6.07) is 6.14. The standard InChI is InChI=1S/C15H19N3O2S.ClH/c1-21(19,20)14-10-17-9-11-3-2-4-13(15(11)14)18-12-5-7-16-8-6-12;/h2-4,9-10,12,16,18H,5-8H2,1H3;1H. The molecule has 0 spiro atoms. The molecule has 2 heterocycles. The fourth-order valence-corrected chi connectivity index (χ4v) is 3.64. The molecule has 22 heavy (non-hydrogen) atoms. The zero-order valence-corrected chi connectivity index (χ0v) is 14.0. The van der Waals surface area contributed by atoms with Crippen molar-refractivity contribution in [1.82, 2.24) is 10.3 Å². The fourth-order valence-electron chi connectivity index (χ4n) is 2.79. The number of rotatable bonds is 3. The van der Waals surface area contributed by atoms with Gasteiger partial charge < -0.3 is 10.6 Å². The Morgan fingerprint density at radius 3 is 2.64 bits per heavy atom. The highest BCUT2D eigenvalue weighted by Crippen LogP contribution is 2.30. The highest BCUT2D eigenvalue weighted by atomic mass is 35.5. The quantitative estimate of drug-likeness (QED) is 0.895. The first kappa shape index (κ1) is 17.0. The van der Waals surface area contributed by atoms with Gasteiger partial charge in [0.05, 0.1) is 4.90 Å². The molecule has 0 aliphatic carbocycles. The molecule has 1 saturated heterocycles. The topological polar surface area (TPSA) is 71.1 Å². The van der Waals surface area contributed by atoms with E-state index in [9.17, 15) is 8.42 Å². The number of aromatic nitrogens is 1. The van der Waals surface area contributed by atoms with Crippen molar-refractivity contribution in [3.63, 3.8) is 0 Å². The monoisotopic (exact) mass is 341 g/mol. The minimum absolute atomic E-state index is 0. The summed E-state index contributed by atoms with van der Waals surface area (Å²) in [6.45, 7) is 1.98. The maximum Gasteiger partial charge on any atom is 0.177 e. The lowest BCUT2D eigenvalue weighted by Gasteiger charge is -2.25. The van der Waals surface area contributed by atoms with Crippen LogP contribution in [0.25, 0.3) is 10.8 Å². The van der Waals surface area contributed by atoms with Crippen LogP contribution in [0.1, 0.15) is 12.8 Å². The fraction of sp³-hybridized carbons (Fsp3) is 0.400. The zero-order valence-electron chi connectivity index (χ0n) is 12.4. The van der Waals surface area contributed by atoms with Gasteiger partial charge >= 0.3 is 0 Å². The van der Waals surface area contributed by atoms with E-state index < -0.39 is 9.84 Å². The molecule has 3 rings (SSSR count). The molecule has 1 aliphatic rings. The molecule has 2 aromatic rings. The Morgan fingerprint density at radius 1 is 1.23 bits per heavy atom. The highest BCUT2D eigenvalue weighted by Gasteiger charge is 2.18. The molecular weight excluding hydrogens is 322 g/mol. The molecule has 0 saturated carbocycles. The Bertz CT molecular complexity index is 753. The lowest BCUT2D eigenvalue weighted by molar-refractivity contribution is 0.479. The molecule has 0 atom stereocenters. The van der Waals surface area contributed by atoms with Gasteiger partial charge in [-0.15, -0.1) is 12.4 Å². The Hall–Kier alpha value is -1.37. The van der Waals surface area contributed by atoms with Crippen molar-refractivity contribution >= 4 is 38.7 Å². The summed E-state index contributed by atoms with van der Waals surface area (Å²) in [7, 11) is -3.31. The molecule has 0 unspecified atom stereocenters. The number of nitrogens with zero attached hydrogens (tertiary/aromatic N) is 1. The number of hydrogen-bond donors (Lipinski definition) is 2. The van der Waals surface area contributed by atoms with Crippen molar-refractivity contribution in [2.45, 2.75) is 23.8 Å². The van der Waals surface area contributed by atoms with Gasteiger partial charge in [-0.3, -0.25) is 4.98 Å². The molecule has 1 aromatic carbocycles. The first-order chi connectivity index (χ1) is 10.1. The van der Waals surface area contributed by atoms with Gasteiger partial charge in [0.25, 0.3) is 0 Å². The number of sulfone groups is 1. The Labute approximate surface area is 136 Å². The molecule has 0 radical (unpaired) electrons. The van der Waals surface area contributed by atoms with Crippen LogP contribution in [0.15, 0.2) is 35.5 Å². The first-order valence-corrected chi connectivity index (χ1v) is 8.99. The summed E-state index contributed by atoms with van der Waals surface area (Å²) < 4.78 is 24.0. The van der Waals surface area contributed by atoms with E-state index in [1.807, 2.05) is 18.2 Å². The molecule has 0 bridgehead atoms. The number of halogens is 1. The number of anilines is 1. The SMILES string of the molecule is CS(=O)(=O)c1cncc2cccc(NC3CCNCC3)c12.Cl. The van der Waals surface area contributed by atoms with Gasteiger partial charge in [0.2, 0.25) is 0 Å². The van der Waals surface area contributed by atoms with Crippen molar-refractivity contribution in [3.8, 4) is 0 Å². The second-order valence-corrected chi connectivity index (χ2v) is 7.47. The number of pyridine rings is 1. The summed E-state index contributed by atoms with van der Waals surface area (Å²) in [6.07, 6.45) is 6.44. The molecule has 2 N–H and O–H groups in total. The summed E-state index contributed by atoms with van der Waals surface area (Å²) in [5.74, 6) is 0. The van der Waals surface area contributed by atoms with E-state index in [1.54, 1.807) is 6.20 Å². The Kier molecular flexibility index (Phi) is 5.26. The van der Waals surface area contributed by atoms with Crippen molar-refractivity contribution in [3.05, 3.63) is 30.6 Å². The van der Waals surface area contributed by atoms with Crippen LogP contribution in [-0.2, 0) is 9.84 Å². The maximum atomic E-state index is 12.0. The number of nitrogens with one attached hydrogen (secondary N) is 2. The molecule has 1 aromatic heterocycles. The third-order valence-corrected chi connectivity index (χ3v) is 4.96. The third kappa shape index (κ3) is 3.51. The summed E-state index contributed by atoms with van der Waals surface area (Å²) >= 11 is 0.